The molecule has 1 spiro atoms. The number of quaternary nitrogens is 1. The van der Waals surface area contributed by atoms with Gasteiger partial charge >= 0.3 is 11.9 Å². The lowest BCUT2D eigenvalue weighted by molar-refractivity contribution is -0.704. The molecule has 2 N–H and O–H groups in total. The first-order valence-corrected chi connectivity index (χ1v) is 13.9. The molecule has 3 amide bonds. The molecular weight excluding hydrogens is 552 g/mol. The van der Waals surface area contributed by atoms with Crippen LogP contribution in [0.1, 0.15) is 33.1 Å². The summed E-state index contributed by atoms with van der Waals surface area (Å²) in [5.74, 6) is 40.7. The number of hydrazone groups is 1. The lowest BCUT2D eigenvalue weighted by atomic mass is 9.82. The Morgan fingerprint density at radius 2 is 1.43 bits per heavy atom. The zero-order chi connectivity index (χ0) is 31.8. The molecule has 44 heavy (non-hydrogen) atoms. The standard InChI is InChI=1S/C35H30N6O3/c1-6-9-10-11-12-13-14-15-16-17-18-19-20-21-22-23-28-41(4)32(42)35(41)25-24-31(44-5)30(29-35)36-33(43)37-38-34-39(7-2)26-27-40(34)8-3/h1,30-31H,7-8,24-27,29H2,2-5H3,(H-,36,37,43)/p+1. The van der Waals surface area contributed by atoms with Crippen LogP contribution in [-0.2, 0) is 9.53 Å². The van der Waals surface area contributed by atoms with E-state index in [0.717, 1.165) is 32.1 Å². The van der Waals surface area contributed by atoms with Gasteiger partial charge in [-0.3, -0.25) is 0 Å². The number of hydrogen-bond acceptors (Lipinski definition) is 4. The first-order valence-electron chi connectivity index (χ1n) is 13.9. The smallest absolute Gasteiger partial charge is 0.379 e. The molecule has 0 bridgehead atoms. The van der Waals surface area contributed by atoms with Crippen LogP contribution in [0.15, 0.2) is 5.10 Å². The average Bonchev–Trinajstić information content (AvgIpc) is 3.29. The summed E-state index contributed by atoms with van der Waals surface area (Å²) in [6.07, 6.45) is 6.31. The van der Waals surface area contributed by atoms with Crippen molar-refractivity contribution in [2.45, 2.75) is 50.8 Å². The number of carbonyl (C=O) groups is 2. The summed E-state index contributed by atoms with van der Waals surface area (Å²) in [6.45, 7) is 7.43. The number of guanidine groups is 1. The van der Waals surface area contributed by atoms with Crippen molar-refractivity contribution in [1.82, 2.24) is 20.5 Å². The van der Waals surface area contributed by atoms with E-state index in [4.69, 9.17) is 11.2 Å². The molecule has 2 aliphatic heterocycles. The minimum atomic E-state index is -0.726. The minimum Gasteiger partial charge on any atom is -0.379 e. The van der Waals surface area contributed by atoms with Crippen molar-refractivity contribution in [1.29, 1.82) is 0 Å². The van der Waals surface area contributed by atoms with E-state index in [1.165, 1.54) is 0 Å². The molecule has 0 aromatic heterocycles. The molecule has 3 fully saturated rings. The molecule has 3 aliphatic rings. The molecule has 0 aromatic rings. The number of carbonyl (C=O) groups excluding carboxylic acids is 2. The maximum atomic E-state index is 13.1. The van der Waals surface area contributed by atoms with Crippen LogP contribution in [-0.4, -0.2) is 90.2 Å². The lowest BCUT2D eigenvalue weighted by Crippen LogP contribution is -2.54. The van der Waals surface area contributed by atoms with Crippen molar-refractivity contribution in [2.75, 3.05) is 40.3 Å². The third-order valence-electron chi connectivity index (χ3n) is 7.53. The quantitative estimate of drug-likeness (QED) is 0.208. The maximum absolute atomic E-state index is 13.1. The minimum absolute atomic E-state index is 0.0120. The average molecular weight is 584 g/mol. The molecule has 3 rings (SSSR count). The summed E-state index contributed by atoms with van der Waals surface area (Å²) in [5.41, 5.74) is 1.90. The Kier molecular flexibility index (Phi) is 11.9. The number of rotatable bonds is 5. The molecule has 1 aliphatic carbocycles. The van der Waals surface area contributed by atoms with Crippen LogP contribution in [0.25, 0.3) is 0 Å². The predicted molar refractivity (Wildman–Crippen MR) is 167 cm³/mol. The van der Waals surface area contributed by atoms with Crippen molar-refractivity contribution in [2.24, 2.45) is 5.10 Å². The van der Waals surface area contributed by atoms with Gasteiger partial charge in [0, 0.05) is 87.6 Å². The van der Waals surface area contributed by atoms with E-state index in [9.17, 15) is 9.59 Å². The second-order valence-electron chi connectivity index (χ2n) is 9.75. The van der Waals surface area contributed by atoms with Crippen molar-refractivity contribution in [3.63, 3.8) is 0 Å². The van der Waals surface area contributed by atoms with Gasteiger partial charge in [-0.1, -0.05) is 0 Å². The number of amides is 3. The van der Waals surface area contributed by atoms with Crippen molar-refractivity contribution < 1.29 is 18.8 Å². The Labute approximate surface area is 260 Å². The van der Waals surface area contributed by atoms with Crippen LogP contribution in [0.4, 0.5) is 4.79 Å². The van der Waals surface area contributed by atoms with Crippen LogP contribution in [0.3, 0.4) is 0 Å². The summed E-state index contributed by atoms with van der Waals surface area (Å²) in [5, 5.41) is 7.33. The summed E-state index contributed by atoms with van der Waals surface area (Å²) in [6, 6.07) is 2.14. The molecule has 4 unspecified atom stereocenters. The second-order valence-corrected chi connectivity index (χ2v) is 9.75. The maximum Gasteiger partial charge on any atom is 0.390 e. The third-order valence-corrected chi connectivity index (χ3v) is 7.53. The summed E-state index contributed by atoms with van der Waals surface area (Å²) >= 11 is 0. The fourth-order valence-electron chi connectivity index (χ4n) is 5.18. The van der Waals surface area contributed by atoms with Crippen LogP contribution in [0, 0.1) is 107 Å². The van der Waals surface area contributed by atoms with Crippen molar-refractivity contribution in [3.05, 3.63) is 0 Å². The molecule has 0 radical (unpaired) electrons. The van der Waals surface area contributed by atoms with Crippen molar-refractivity contribution >= 4 is 17.9 Å². The number of hydrogen-bond donors (Lipinski definition) is 2. The monoisotopic (exact) mass is 583 g/mol. The number of urea groups is 1. The number of terminal acetylenes is 1. The van der Waals surface area contributed by atoms with Gasteiger partial charge in [-0.2, -0.15) is 4.48 Å². The van der Waals surface area contributed by atoms with Gasteiger partial charge < -0.3 is 19.9 Å². The van der Waals surface area contributed by atoms with Crippen LogP contribution < -0.4 is 10.7 Å². The van der Waals surface area contributed by atoms with Crippen LogP contribution >= 0.6 is 0 Å². The molecule has 1 saturated carbocycles. The third kappa shape index (κ3) is 7.92. The highest BCUT2D eigenvalue weighted by molar-refractivity contribution is 5.93. The number of nitrogens with zero attached hydrogens (tertiary/aromatic N) is 4. The topological polar surface area (TPSA) is 86.3 Å². The van der Waals surface area contributed by atoms with E-state index < -0.39 is 17.6 Å². The summed E-state index contributed by atoms with van der Waals surface area (Å²) < 4.78 is 5.56. The Bertz CT molecular complexity index is 1750. The SMILES string of the molecule is C#CC#CC#CC#CC#CC#CC#CC#CC#C[N+]1(C)C(=O)C12CCC(OC)C(NC(=O)NN=C1N(CC)CCN1CC)C2. The molecule has 2 saturated heterocycles. The molecule has 2 heterocycles. The number of nitrogens with one attached hydrogen (secondary N) is 2. The Balaban J connectivity index is 1.59. The van der Waals surface area contributed by atoms with E-state index in [-0.39, 0.29) is 16.5 Å². The van der Waals surface area contributed by atoms with E-state index >= 15 is 0 Å². The highest BCUT2D eigenvalue weighted by Crippen LogP contribution is 2.52. The van der Waals surface area contributed by atoms with Gasteiger partial charge in [-0.05, 0) is 67.6 Å². The van der Waals surface area contributed by atoms with Crippen LogP contribution in [0.5, 0.6) is 0 Å². The van der Waals surface area contributed by atoms with E-state index in [0.29, 0.717) is 19.3 Å². The first-order chi connectivity index (χ1) is 21.4. The fraction of sp³-hybridized carbons (Fsp3) is 0.400. The van der Waals surface area contributed by atoms with Gasteiger partial charge in [0.2, 0.25) is 11.5 Å². The predicted octanol–water partition coefficient (Wildman–Crippen LogP) is 0.125. The van der Waals surface area contributed by atoms with Gasteiger partial charge in [0.05, 0.1) is 25.1 Å². The summed E-state index contributed by atoms with van der Waals surface area (Å²) in [4.78, 5) is 30.1. The lowest BCUT2D eigenvalue weighted by Gasteiger charge is -2.33. The zero-order valence-corrected chi connectivity index (χ0v) is 25.2. The Hall–Kier alpha value is -5.83. The van der Waals surface area contributed by atoms with Crippen LogP contribution in [0.2, 0.25) is 0 Å². The Morgan fingerprint density at radius 3 is 1.91 bits per heavy atom. The number of methoxy groups -OCH3 is 1. The fourth-order valence-corrected chi connectivity index (χ4v) is 5.18. The molecule has 218 valence electrons. The highest BCUT2D eigenvalue weighted by atomic mass is 16.5. The van der Waals surface area contributed by atoms with Gasteiger partial charge in [-0.15, -0.1) is 11.5 Å². The largest absolute Gasteiger partial charge is 0.390 e. The zero-order valence-electron chi connectivity index (χ0n) is 25.2. The second kappa shape index (κ2) is 16.0. The van der Waals surface area contributed by atoms with E-state index in [1.54, 1.807) is 14.2 Å². The molecule has 9 nitrogen and oxygen atoms in total. The van der Waals surface area contributed by atoms with Gasteiger partial charge in [-0.25, -0.2) is 15.0 Å². The molecule has 0 aromatic carbocycles. The number of ether oxygens (including phenoxy) is 1. The van der Waals surface area contributed by atoms with E-state index in [1.807, 2.05) is 0 Å². The first kappa shape index (κ1) is 32.7. The Morgan fingerprint density at radius 1 is 0.932 bits per heavy atom. The summed E-state index contributed by atoms with van der Waals surface area (Å²) in [7, 11) is 3.37. The van der Waals surface area contributed by atoms with Gasteiger partial charge in [0.25, 0.3) is 0 Å². The molecule has 4 atom stereocenters. The van der Waals surface area contributed by atoms with Crippen molar-refractivity contribution in [3.8, 4) is 107 Å². The molecular formula is C35H31N6O3+. The number of likely N-dealkylation sites (N-methyl/N-ethyl adjacent to an activating group) is 3. The normalized spacial score (nSPS) is 23.3. The highest BCUT2D eigenvalue weighted by Gasteiger charge is 2.80. The molecule has 9 heteroatoms. The van der Waals surface area contributed by atoms with Gasteiger partial charge in [0.15, 0.2) is 6.04 Å². The van der Waals surface area contributed by atoms with E-state index in [2.05, 4.69) is 140 Å². The van der Waals surface area contributed by atoms with Gasteiger partial charge in [0.1, 0.15) is 0 Å².